The van der Waals surface area contributed by atoms with Crippen LogP contribution in [-0.4, -0.2) is 36.6 Å². The summed E-state index contributed by atoms with van der Waals surface area (Å²) in [5, 5.41) is 5.93. The lowest BCUT2D eigenvalue weighted by Crippen LogP contribution is -2.47. The van der Waals surface area contributed by atoms with E-state index >= 15 is 0 Å². The molecule has 4 nitrogen and oxygen atoms in total. The minimum atomic E-state index is -0.0799. The number of amides is 2. The molecule has 1 aliphatic rings. The van der Waals surface area contributed by atoms with Crippen LogP contribution in [0.25, 0.3) is 0 Å². The standard InChI is InChI=1S/C17H27N3O/c1-14(2)16(20-10-6-7-11-20)13-19-17(21)18-12-15-8-4-3-5-9-15/h3-5,8-9,14,16H,6-7,10-13H2,1-2H3,(H2,18,19,21). The van der Waals surface area contributed by atoms with Gasteiger partial charge in [-0.1, -0.05) is 44.2 Å². The molecular weight excluding hydrogens is 262 g/mol. The van der Waals surface area contributed by atoms with Crippen LogP contribution in [0.1, 0.15) is 32.3 Å². The molecule has 21 heavy (non-hydrogen) atoms. The van der Waals surface area contributed by atoms with Gasteiger partial charge in [0.1, 0.15) is 0 Å². The molecule has 0 spiro atoms. The number of nitrogens with one attached hydrogen (secondary N) is 2. The zero-order chi connectivity index (χ0) is 15.1. The van der Waals surface area contributed by atoms with Gasteiger partial charge < -0.3 is 10.6 Å². The molecule has 4 heteroatoms. The Morgan fingerprint density at radius 3 is 2.43 bits per heavy atom. The molecule has 0 saturated carbocycles. The van der Waals surface area contributed by atoms with Crippen molar-refractivity contribution in [2.24, 2.45) is 5.92 Å². The van der Waals surface area contributed by atoms with Crippen LogP contribution in [0.3, 0.4) is 0 Å². The Hall–Kier alpha value is -1.55. The zero-order valence-corrected chi connectivity index (χ0v) is 13.1. The largest absolute Gasteiger partial charge is 0.337 e. The molecule has 1 saturated heterocycles. The molecule has 1 fully saturated rings. The maximum atomic E-state index is 11.9. The summed E-state index contributed by atoms with van der Waals surface area (Å²) in [6, 6.07) is 10.3. The summed E-state index contributed by atoms with van der Waals surface area (Å²) in [5.74, 6) is 0.553. The predicted molar refractivity (Wildman–Crippen MR) is 86.1 cm³/mol. The van der Waals surface area contributed by atoms with E-state index in [1.165, 1.54) is 12.8 Å². The fourth-order valence-electron chi connectivity index (χ4n) is 2.90. The second-order valence-corrected chi connectivity index (χ2v) is 6.10. The number of benzene rings is 1. The highest BCUT2D eigenvalue weighted by Gasteiger charge is 2.24. The Labute approximate surface area is 127 Å². The van der Waals surface area contributed by atoms with Gasteiger partial charge in [-0.15, -0.1) is 0 Å². The lowest BCUT2D eigenvalue weighted by atomic mass is 10.0. The molecule has 0 aliphatic carbocycles. The summed E-state index contributed by atoms with van der Waals surface area (Å²) in [7, 11) is 0. The normalized spacial score (nSPS) is 16.9. The van der Waals surface area contributed by atoms with E-state index in [1.54, 1.807) is 0 Å². The van der Waals surface area contributed by atoms with Gasteiger partial charge in [0.15, 0.2) is 0 Å². The van der Waals surface area contributed by atoms with Crippen LogP contribution < -0.4 is 10.6 Å². The number of carbonyl (C=O) groups excluding carboxylic acids is 1. The van der Waals surface area contributed by atoms with Crippen molar-refractivity contribution in [3.63, 3.8) is 0 Å². The van der Waals surface area contributed by atoms with Gasteiger partial charge >= 0.3 is 6.03 Å². The van der Waals surface area contributed by atoms with E-state index in [4.69, 9.17) is 0 Å². The number of hydrogen-bond donors (Lipinski definition) is 2. The summed E-state index contributed by atoms with van der Waals surface area (Å²) in [6.07, 6.45) is 2.56. The van der Waals surface area contributed by atoms with Gasteiger partial charge in [-0.25, -0.2) is 4.79 Å². The van der Waals surface area contributed by atoms with Crippen LogP contribution in [0, 0.1) is 5.92 Å². The van der Waals surface area contributed by atoms with E-state index in [0.717, 1.165) is 25.2 Å². The van der Waals surface area contributed by atoms with Crippen LogP contribution in [0.4, 0.5) is 4.79 Å². The van der Waals surface area contributed by atoms with Crippen molar-refractivity contribution >= 4 is 6.03 Å². The molecule has 1 aromatic carbocycles. The van der Waals surface area contributed by atoms with Crippen molar-refractivity contribution in [2.45, 2.75) is 39.3 Å². The maximum Gasteiger partial charge on any atom is 0.315 e. The lowest BCUT2D eigenvalue weighted by Gasteiger charge is -2.31. The third-order valence-electron chi connectivity index (χ3n) is 4.15. The summed E-state index contributed by atoms with van der Waals surface area (Å²) in [5.41, 5.74) is 1.12. The Kier molecular flexibility index (Phi) is 6.05. The summed E-state index contributed by atoms with van der Waals surface area (Å²) in [6.45, 7) is 8.08. The number of urea groups is 1. The van der Waals surface area contributed by atoms with Gasteiger partial charge in [0.2, 0.25) is 0 Å². The van der Waals surface area contributed by atoms with Crippen LogP contribution >= 0.6 is 0 Å². The molecule has 0 aromatic heterocycles. The quantitative estimate of drug-likeness (QED) is 0.845. The summed E-state index contributed by atoms with van der Waals surface area (Å²) >= 11 is 0. The minimum absolute atomic E-state index is 0.0799. The molecule has 116 valence electrons. The SMILES string of the molecule is CC(C)C(CNC(=O)NCc1ccccc1)N1CCCC1. The molecule has 1 aromatic rings. The number of likely N-dealkylation sites (tertiary alicyclic amines) is 1. The first-order valence-corrected chi connectivity index (χ1v) is 7.96. The Bertz CT molecular complexity index is 427. The van der Waals surface area contributed by atoms with E-state index in [-0.39, 0.29) is 6.03 Å². The van der Waals surface area contributed by atoms with Crippen molar-refractivity contribution in [3.8, 4) is 0 Å². The van der Waals surface area contributed by atoms with E-state index in [0.29, 0.717) is 18.5 Å². The molecule has 2 N–H and O–H groups in total. The van der Waals surface area contributed by atoms with Crippen LogP contribution in [0.5, 0.6) is 0 Å². The maximum absolute atomic E-state index is 11.9. The molecule has 1 atom stereocenters. The van der Waals surface area contributed by atoms with E-state index in [1.807, 2.05) is 30.3 Å². The number of nitrogens with zero attached hydrogens (tertiary/aromatic N) is 1. The topological polar surface area (TPSA) is 44.4 Å². The smallest absolute Gasteiger partial charge is 0.315 e. The predicted octanol–water partition coefficient (Wildman–Crippen LogP) is 2.61. The van der Waals surface area contributed by atoms with Crippen molar-refractivity contribution < 1.29 is 4.79 Å². The first-order valence-electron chi connectivity index (χ1n) is 7.96. The van der Waals surface area contributed by atoms with Gasteiger partial charge in [0, 0.05) is 19.1 Å². The zero-order valence-electron chi connectivity index (χ0n) is 13.1. The third kappa shape index (κ3) is 5.05. The van der Waals surface area contributed by atoms with Gasteiger partial charge in [-0.3, -0.25) is 4.90 Å². The second kappa shape index (κ2) is 8.03. The molecule has 1 aliphatic heterocycles. The summed E-state index contributed by atoms with van der Waals surface area (Å²) in [4.78, 5) is 14.4. The van der Waals surface area contributed by atoms with Gasteiger partial charge in [-0.05, 0) is 37.4 Å². The fourth-order valence-corrected chi connectivity index (χ4v) is 2.90. The van der Waals surface area contributed by atoms with Crippen LogP contribution in [0.2, 0.25) is 0 Å². The molecule has 1 heterocycles. The van der Waals surface area contributed by atoms with Crippen LogP contribution in [0.15, 0.2) is 30.3 Å². The Balaban J connectivity index is 1.74. The van der Waals surface area contributed by atoms with E-state index < -0.39 is 0 Å². The lowest BCUT2D eigenvalue weighted by molar-refractivity contribution is 0.184. The van der Waals surface area contributed by atoms with Crippen molar-refractivity contribution in [2.75, 3.05) is 19.6 Å². The average molecular weight is 289 g/mol. The highest BCUT2D eigenvalue weighted by Crippen LogP contribution is 2.17. The summed E-state index contributed by atoms with van der Waals surface area (Å²) < 4.78 is 0. The molecule has 2 rings (SSSR count). The molecule has 0 radical (unpaired) electrons. The van der Waals surface area contributed by atoms with Crippen molar-refractivity contribution in [1.29, 1.82) is 0 Å². The van der Waals surface area contributed by atoms with E-state index in [2.05, 4.69) is 29.4 Å². The number of rotatable bonds is 6. The Morgan fingerprint density at radius 2 is 1.81 bits per heavy atom. The Morgan fingerprint density at radius 1 is 1.14 bits per heavy atom. The molecular formula is C17H27N3O. The number of carbonyl (C=O) groups is 1. The fraction of sp³-hybridized carbons (Fsp3) is 0.588. The second-order valence-electron chi connectivity index (χ2n) is 6.10. The average Bonchev–Trinajstić information content (AvgIpc) is 3.00. The molecule has 1 unspecified atom stereocenters. The van der Waals surface area contributed by atoms with E-state index in [9.17, 15) is 4.79 Å². The van der Waals surface area contributed by atoms with Crippen molar-refractivity contribution in [1.82, 2.24) is 15.5 Å². The first-order chi connectivity index (χ1) is 10.2. The highest BCUT2D eigenvalue weighted by molar-refractivity contribution is 5.73. The van der Waals surface area contributed by atoms with Gasteiger partial charge in [0.05, 0.1) is 0 Å². The van der Waals surface area contributed by atoms with Crippen LogP contribution in [-0.2, 0) is 6.54 Å². The minimum Gasteiger partial charge on any atom is -0.337 e. The molecule has 2 amide bonds. The number of hydrogen-bond acceptors (Lipinski definition) is 2. The van der Waals surface area contributed by atoms with Crippen molar-refractivity contribution in [3.05, 3.63) is 35.9 Å². The third-order valence-corrected chi connectivity index (χ3v) is 4.15. The highest BCUT2D eigenvalue weighted by atomic mass is 16.2. The monoisotopic (exact) mass is 289 g/mol. The molecule has 0 bridgehead atoms. The first kappa shape index (κ1) is 15.8. The van der Waals surface area contributed by atoms with Gasteiger partial charge in [-0.2, -0.15) is 0 Å². The van der Waals surface area contributed by atoms with Gasteiger partial charge in [0.25, 0.3) is 0 Å².